The van der Waals surface area contributed by atoms with Crippen LogP contribution in [0.5, 0.6) is 0 Å². The van der Waals surface area contributed by atoms with Crippen LogP contribution in [-0.2, 0) is 5.41 Å². The molecule has 0 fully saturated rings. The highest BCUT2D eigenvalue weighted by Crippen LogP contribution is 2.63. The van der Waals surface area contributed by atoms with Crippen molar-refractivity contribution in [2.75, 3.05) is 4.90 Å². The van der Waals surface area contributed by atoms with Gasteiger partial charge in [-0.05, 0) is 98.1 Å². The molecule has 0 saturated heterocycles. The summed E-state index contributed by atoms with van der Waals surface area (Å²) in [5, 5.41) is 2.56. The van der Waals surface area contributed by atoms with Crippen molar-refractivity contribution < 1.29 is 0 Å². The highest BCUT2D eigenvalue weighted by molar-refractivity contribution is 6.13. The number of fused-ring (bicyclic) bond motifs is 12. The van der Waals surface area contributed by atoms with Crippen molar-refractivity contribution in [3.8, 4) is 50.2 Å². The van der Waals surface area contributed by atoms with Crippen LogP contribution in [0.4, 0.5) is 17.1 Å². The summed E-state index contributed by atoms with van der Waals surface area (Å²) < 4.78 is 2.52. The van der Waals surface area contributed by atoms with E-state index in [1.54, 1.807) is 0 Å². The second kappa shape index (κ2) is 13.9. The van der Waals surface area contributed by atoms with Gasteiger partial charge in [-0.3, -0.25) is 0 Å². The molecule has 11 aromatic rings. The molecule has 2 aliphatic rings. The molecule has 294 valence electrons. The Morgan fingerprint density at radius 1 is 0.333 bits per heavy atom. The summed E-state index contributed by atoms with van der Waals surface area (Å²) in [6.45, 7) is 0. The average Bonchev–Trinajstić information content (AvgIpc) is 3.86. The van der Waals surface area contributed by atoms with Crippen molar-refractivity contribution in [2.24, 2.45) is 0 Å². The van der Waals surface area contributed by atoms with E-state index >= 15 is 0 Å². The van der Waals surface area contributed by atoms with E-state index in [1.807, 2.05) is 0 Å². The van der Waals surface area contributed by atoms with Gasteiger partial charge >= 0.3 is 0 Å². The lowest BCUT2D eigenvalue weighted by atomic mass is 9.65. The minimum absolute atomic E-state index is 0.561. The minimum atomic E-state index is -0.561. The van der Waals surface area contributed by atoms with Gasteiger partial charge in [0.15, 0.2) is 0 Å². The Bertz CT molecular complexity index is 3560. The lowest BCUT2D eigenvalue weighted by Crippen LogP contribution is -2.33. The molecule has 0 radical (unpaired) electrons. The Morgan fingerprint density at radius 2 is 0.873 bits per heavy atom. The van der Waals surface area contributed by atoms with Crippen molar-refractivity contribution in [2.45, 2.75) is 5.41 Å². The summed E-state index contributed by atoms with van der Waals surface area (Å²) in [6, 6.07) is 89.6. The SMILES string of the molecule is c1ccc(-c2ccc(N(c3ccccc3-c3cccc(-c4ccccc4)c3)c3cccc4c3-c3ccccc3C43c4ccccc4-n4c5ccccc5c5cccc3c54)cc2)cc1. The van der Waals surface area contributed by atoms with Crippen LogP contribution in [-0.4, -0.2) is 4.57 Å². The number of benzene rings is 10. The molecule has 2 heterocycles. The number of aromatic nitrogens is 1. The van der Waals surface area contributed by atoms with Crippen molar-refractivity contribution >= 4 is 38.9 Å². The summed E-state index contributed by atoms with van der Waals surface area (Å²) in [4.78, 5) is 2.51. The van der Waals surface area contributed by atoms with Gasteiger partial charge in [0.2, 0.25) is 0 Å². The molecule has 1 atom stereocenters. The molecule has 0 saturated carbocycles. The van der Waals surface area contributed by atoms with Gasteiger partial charge in [-0.1, -0.05) is 200 Å². The Balaban J connectivity index is 1.10. The smallest absolute Gasteiger partial charge is 0.0755 e. The first-order valence-corrected chi connectivity index (χ1v) is 21.9. The zero-order valence-corrected chi connectivity index (χ0v) is 34.5. The van der Waals surface area contributed by atoms with Crippen LogP contribution in [0, 0.1) is 0 Å². The van der Waals surface area contributed by atoms with Gasteiger partial charge in [0.1, 0.15) is 0 Å². The monoisotopic (exact) mass is 800 g/mol. The first kappa shape index (κ1) is 35.5. The fourth-order valence-electron chi connectivity index (χ4n) is 11.0. The van der Waals surface area contributed by atoms with Gasteiger partial charge in [0.05, 0.1) is 33.5 Å². The van der Waals surface area contributed by atoms with E-state index < -0.39 is 5.41 Å². The number of nitrogens with zero attached hydrogens (tertiary/aromatic N) is 2. The van der Waals surface area contributed by atoms with Gasteiger partial charge < -0.3 is 9.47 Å². The largest absolute Gasteiger partial charge is 0.309 e. The average molecular weight is 801 g/mol. The second-order valence-corrected chi connectivity index (χ2v) is 16.8. The topological polar surface area (TPSA) is 8.17 Å². The molecule has 63 heavy (non-hydrogen) atoms. The van der Waals surface area contributed by atoms with E-state index in [1.165, 1.54) is 94.3 Å². The molecule has 13 rings (SSSR count). The van der Waals surface area contributed by atoms with Crippen LogP contribution >= 0.6 is 0 Å². The molecule has 2 nitrogen and oxygen atoms in total. The maximum Gasteiger partial charge on any atom is 0.0755 e. The number of rotatable bonds is 6. The molecule has 1 unspecified atom stereocenters. The van der Waals surface area contributed by atoms with E-state index in [4.69, 9.17) is 0 Å². The zero-order chi connectivity index (χ0) is 41.5. The molecular formula is C61H40N2. The summed E-state index contributed by atoms with van der Waals surface area (Å²) >= 11 is 0. The second-order valence-electron chi connectivity index (χ2n) is 16.8. The zero-order valence-electron chi connectivity index (χ0n) is 34.5. The molecule has 1 spiro atoms. The third-order valence-corrected chi connectivity index (χ3v) is 13.6. The highest BCUT2D eigenvalue weighted by Gasteiger charge is 2.51. The Labute approximate surface area is 367 Å². The maximum atomic E-state index is 2.52. The number of hydrogen-bond donors (Lipinski definition) is 0. The number of para-hydroxylation sites is 4. The molecule has 2 heteroatoms. The van der Waals surface area contributed by atoms with Gasteiger partial charge in [-0.25, -0.2) is 0 Å². The third kappa shape index (κ3) is 5.13. The quantitative estimate of drug-likeness (QED) is 0.163. The van der Waals surface area contributed by atoms with Gasteiger partial charge in [-0.15, -0.1) is 0 Å². The van der Waals surface area contributed by atoms with Crippen molar-refractivity contribution in [3.05, 3.63) is 265 Å². The standard InChI is InChI=1S/C61H40N2/c1-3-18-41(19-4-1)43-36-38-46(39-37-43)62(55-32-12-8-24-47(55)45-23-15-22-44(40-45)42-20-5-2-6-21-42)58-35-17-30-53-59(58)50-26-7-10-28-51(50)61(53)52-29-11-14-34-57(52)63-56-33-13-9-25-48(56)49-27-16-31-54(61)60(49)63/h1-40H. The lowest BCUT2D eigenvalue weighted by Gasteiger charge is -2.39. The first-order valence-electron chi connectivity index (χ1n) is 21.9. The minimum Gasteiger partial charge on any atom is -0.309 e. The predicted octanol–water partition coefficient (Wildman–Crippen LogP) is 15.9. The molecule has 10 aromatic carbocycles. The fraction of sp³-hybridized carbons (Fsp3) is 0.0164. The Hall–Kier alpha value is -8.20. The predicted molar refractivity (Wildman–Crippen MR) is 263 cm³/mol. The molecule has 1 aromatic heterocycles. The summed E-state index contributed by atoms with van der Waals surface area (Å²) in [5.41, 5.74) is 21.4. The van der Waals surface area contributed by atoms with Crippen LogP contribution in [0.25, 0.3) is 72.0 Å². The molecule has 1 aliphatic carbocycles. The van der Waals surface area contributed by atoms with Crippen LogP contribution in [0.3, 0.4) is 0 Å². The van der Waals surface area contributed by atoms with Crippen molar-refractivity contribution in [3.63, 3.8) is 0 Å². The summed E-state index contributed by atoms with van der Waals surface area (Å²) in [6.07, 6.45) is 0. The lowest BCUT2D eigenvalue weighted by molar-refractivity contribution is 0.748. The van der Waals surface area contributed by atoms with Crippen LogP contribution in [0.15, 0.2) is 243 Å². The number of anilines is 3. The third-order valence-electron chi connectivity index (χ3n) is 13.6. The van der Waals surface area contributed by atoms with E-state index in [9.17, 15) is 0 Å². The Morgan fingerprint density at radius 3 is 1.70 bits per heavy atom. The van der Waals surface area contributed by atoms with E-state index in [0.717, 1.165) is 17.1 Å². The molecule has 0 amide bonds. The van der Waals surface area contributed by atoms with E-state index in [-0.39, 0.29) is 0 Å². The molecule has 1 aliphatic heterocycles. The van der Waals surface area contributed by atoms with Crippen LogP contribution < -0.4 is 4.90 Å². The fourth-order valence-corrected chi connectivity index (χ4v) is 11.0. The Kier molecular flexibility index (Phi) is 7.85. The summed E-state index contributed by atoms with van der Waals surface area (Å²) in [5.74, 6) is 0. The molecular weight excluding hydrogens is 761 g/mol. The van der Waals surface area contributed by atoms with E-state index in [0.29, 0.717) is 0 Å². The molecule has 0 bridgehead atoms. The van der Waals surface area contributed by atoms with Crippen molar-refractivity contribution in [1.29, 1.82) is 0 Å². The van der Waals surface area contributed by atoms with Crippen LogP contribution in [0.2, 0.25) is 0 Å². The van der Waals surface area contributed by atoms with Gasteiger partial charge in [0.25, 0.3) is 0 Å². The maximum absolute atomic E-state index is 2.52. The molecule has 0 N–H and O–H groups in total. The van der Waals surface area contributed by atoms with Crippen molar-refractivity contribution in [1.82, 2.24) is 4.57 Å². The van der Waals surface area contributed by atoms with Crippen LogP contribution in [0.1, 0.15) is 22.3 Å². The summed E-state index contributed by atoms with van der Waals surface area (Å²) in [7, 11) is 0. The first-order chi connectivity index (χ1) is 31.3. The van der Waals surface area contributed by atoms with E-state index in [2.05, 4.69) is 252 Å². The van der Waals surface area contributed by atoms with Gasteiger partial charge in [0, 0.05) is 27.6 Å². The number of hydrogen-bond acceptors (Lipinski definition) is 1. The highest BCUT2D eigenvalue weighted by atomic mass is 15.1. The normalized spacial score (nSPS) is 14.4. The van der Waals surface area contributed by atoms with Gasteiger partial charge in [-0.2, -0.15) is 0 Å².